The van der Waals surface area contributed by atoms with Gasteiger partial charge in [0.25, 0.3) is 5.69 Å². The highest BCUT2D eigenvalue weighted by Crippen LogP contribution is 2.30. The number of non-ortho nitro benzene ring substituents is 1. The number of aliphatic hydroxyl groups is 1. The molecule has 2 N–H and O–H groups in total. The van der Waals surface area contributed by atoms with Crippen molar-refractivity contribution in [3.63, 3.8) is 0 Å². The van der Waals surface area contributed by atoms with Crippen molar-refractivity contribution in [1.29, 1.82) is 0 Å². The molecule has 1 unspecified atom stereocenters. The Morgan fingerprint density at radius 2 is 1.76 bits per heavy atom. The number of nitrogens with one attached hydrogen (secondary N) is 1. The van der Waals surface area contributed by atoms with Crippen LogP contribution in [-0.4, -0.2) is 70.6 Å². The molecule has 10 heteroatoms. The van der Waals surface area contributed by atoms with E-state index < -0.39 is 22.0 Å². The van der Waals surface area contributed by atoms with Crippen molar-refractivity contribution in [3.8, 4) is 0 Å². The van der Waals surface area contributed by atoms with E-state index in [0.29, 0.717) is 38.0 Å². The minimum absolute atomic E-state index is 0.00997. The van der Waals surface area contributed by atoms with Gasteiger partial charge in [0.15, 0.2) is 0 Å². The van der Waals surface area contributed by atoms with Crippen LogP contribution in [0.4, 0.5) is 10.5 Å². The number of nitrogens with zero attached hydrogens (tertiary/aromatic N) is 3. The fourth-order valence-corrected chi connectivity index (χ4v) is 5.06. The second kappa shape index (κ2) is 14.9. The first-order valence-corrected chi connectivity index (χ1v) is 14.5. The zero-order chi connectivity index (χ0) is 30.8. The van der Waals surface area contributed by atoms with Crippen molar-refractivity contribution >= 4 is 17.7 Å². The molecule has 1 fully saturated rings. The van der Waals surface area contributed by atoms with E-state index in [1.165, 1.54) is 12.1 Å². The van der Waals surface area contributed by atoms with Gasteiger partial charge in [0.2, 0.25) is 5.91 Å². The Labute approximate surface area is 248 Å². The van der Waals surface area contributed by atoms with E-state index in [4.69, 9.17) is 4.74 Å². The zero-order valence-electron chi connectivity index (χ0n) is 25.0. The number of hydrogen-bond acceptors (Lipinski definition) is 7. The average molecular weight is 581 g/mol. The van der Waals surface area contributed by atoms with Crippen LogP contribution >= 0.6 is 0 Å². The fraction of sp³-hybridized carbons (Fsp3) is 0.500. The van der Waals surface area contributed by atoms with Gasteiger partial charge in [-0.3, -0.25) is 14.9 Å². The highest BCUT2D eigenvalue weighted by molar-refractivity contribution is 5.81. The molecule has 1 aliphatic rings. The smallest absolute Gasteiger partial charge is 0.410 e. The molecule has 2 aromatic carbocycles. The topological polar surface area (TPSA) is 125 Å². The highest BCUT2D eigenvalue weighted by Gasteiger charge is 2.33. The van der Waals surface area contributed by atoms with Crippen LogP contribution in [0.25, 0.3) is 0 Å². The molecule has 2 amide bonds. The summed E-state index contributed by atoms with van der Waals surface area (Å²) in [6.45, 7) is 12.4. The van der Waals surface area contributed by atoms with Crippen LogP contribution in [0.5, 0.6) is 0 Å². The van der Waals surface area contributed by atoms with Gasteiger partial charge in [0.1, 0.15) is 6.61 Å². The summed E-state index contributed by atoms with van der Waals surface area (Å²) in [5.74, 6) is -0.0460. The van der Waals surface area contributed by atoms with E-state index >= 15 is 0 Å². The number of ether oxygens (including phenoxy) is 1. The Morgan fingerprint density at radius 3 is 2.33 bits per heavy atom. The SMILES string of the molecule is C=CCN(C(=O)OCc1ccc([N+](=O)[O-])cc1)C1CCN(CCC(O)(CCNC(=O)C(C)(C)C)c2ccccc2)CC1. The van der Waals surface area contributed by atoms with Crippen molar-refractivity contribution in [3.05, 3.63) is 88.5 Å². The predicted molar refractivity (Wildman–Crippen MR) is 162 cm³/mol. The first-order chi connectivity index (χ1) is 19.9. The number of carbonyl (C=O) groups excluding carboxylic acids is 2. The number of carbonyl (C=O) groups is 2. The molecule has 0 spiro atoms. The van der Waals surface area contributed by atoms with Gasteiger partial charge >= 0.3 is 6.09 Å². The summed E-state index contributed by atoms with van der Waals surface area (Å²) in [6, 6.07) is 15.5. The third kappa shape index (κ3) is 9.39. The maximum absolute atomic E-state index is 13.0. The Morgan fingerprint density at radius 1 is 1.12 bits per heavy atom. The van der Waals surface area contributed by atoms with Gasteiger partial charge in [0.05, 0.1) is 10.5 Å². The standard InChI is InChI=1S/C32H44N4O6/c1-5-20-35(30(38)42-24-25-11-13-28(14-12-25)36(40)41)27-15-21-34(22-16-27)23-18-32(39,26-9-7-6-8-10-26)17-19-33-29(37)31(2,3)4/h5-14,27,39H,1,15-24H2,2-4H3,(H,33,37). The van der Waals surface area contributed by atoms with Gasteiger partial charge in [-0.1, -0.05) is 57.2 Å². The number of amides is 2. The summed E-state index contributed by atoms with van der Waals surface area (Å²) in [6.07, 6.45) is 3.67. The summed E-state index contributed by atoms with van der Waals surface area (Å²) in [7, 11) is 0. The summed E-state index contributed by atoms with van der Waals surface area (Å²) in [5, 5.41) is 25.5. The number of rotatable bonds is 13. The molecule has 1 heterocycles. The van der Waals surface area contributed by atoms with Crippen molar-refractivity contribution in [2.24, 2.45) is 5.41 Å². The molecule has 1 atom stereocenters. The minimum atomic E-state index is -1.08. The van der Waals surface area contributed by atoms with Gasteiger partial charge in [-0.2, -0.15) is 0 Å². The fourth-order valence-electron chi connectivity index (χ4n) is 5.06. The largest absolute Gasteiger partial charge is 0.445 e. The summed E-state index contributed by atoms with van der Waals surface area (Å²) in [5.41, 5.74) is -0.0882. The summed E-state index contributed by atoms with van der Waals surface area (Å²) < 4.78 is 5.53. The number of benzene rings is 2. The molecule has 0 radical (unpaired) electrons. The van der Waals surface area contributed by atoms with Gasteiger partial charge in [-0.25, -0.2) is 4.79 Å². The lowest BCUT2D eigenvalue weighted by Gasteiger charge is -2.39. The quantitative estimate of drug-likeness (QED) is 0.194. The molecule has 0 aliphatic carbocycles. The molecular formula is C32H44N4O6. The van der Waals surface area contributed by atoms with E-state index in [1.807, 2.05) is 51.1 Å². The van der Waals surface area contributed by atoms with Crippen LogP contribution in [0.3, 0.4) is 0 Å². The van der Waals surface area contributed by atoms with E-state index in [-0.39, 0.29) is 24.2 Å². The first kappa shape index (κ1) is 32.8. The van der Waals surface area contributed by atoms with Gasteiger partial charge in [-0.05, 0) is 48.9 Å². The van der Waals surface area contributed by atoms with Crippen LogP contribution in [0.15, 0.2) is 67.3 Å². The third-order valence-corrected chi connectivity index (χ3v) is 7.73. The molecule has 0 bridgehead atoms. The van der Waals surface area contributed by atoms with E-state index in [2.05, 4.69) is 16.8 Å². The zero-order valence-corrected chi connectivity index (χ0v) is 25.0. The summed E-state index contributed by atoms with van der Waals surface area (Å²) >= 11 is 0. The van der Waals surface area contributed by atoms with Crippen molar-refractivity contribution in [2.45, 2.75) is 64.7 Å². The predicted octanol–water partition coefficient (Wildman–Crippen LogP) is 5.01. The molecule has 1 saturated heterocycles. The Kier molecular flexibility index (Phi) is 11.6. The number of likely N-dealkylation sites (tertiary alicyclic amines) is 1. The number of nitro benzene ring substituents is 1. The van der Waals surface area contributed by atoms with Crippen molar-refractivity contribution in [2.75, 3.05) is 32.7 Å². The monoisotopic (exact) mass is 580 g/mol. The minimum Gasteiger partial charge on any atom is -0.445 e. The second-order valence-corrected chi connectivity index (χ2v) is 11.9. The van der Waals surface area contributed by atoms with E-state index in [9.17, 15) is 24.8 Å². The van der Waals surface area contributed by atoms with Gasteiger partial charge in [0, 0.05) is 56.3 Å². The maximum atomic E-state index is 13.0. The second-order valence-electron chi connectivity index (χ2n) is 11.9. The van der Waals surface area contributed by atoms with Crippen LogP contribution in [-0.2, 0) is 21.7 Å². The van der Waals surface area contributed by atoms with E-state index in [0.717, 1.165) is 31.5 Å². The van der Waals surface area contributed by atoms with E-state index in [1.54, 1.807) is 23.1 Å². The van der Waals surface area contributed by atoms with Crippen LogP contribution in [0.2, 0.25) is 0 Å². The molecule has 228 valence electrons. The molecule has 0 saturated carbocycles. The third-order valence-electron chi connectivity index (χ3n) is 7.73. The van der Waals surface area contributed by atoms with Crippen molar-refractivity contribution < 1.29 is 24.4 Å². The van der Waals surface area contributed by atoms with Crippen LogP contribution in [0, 0.1) is 15.5 Å². The molecule has 10 nitrogen and oxygen atoms in total. The molecule has 1 aliphatic heterocycles. The molecular weight excluding hydrogens is 536 g/mol. The van der Waals surface area contributed by atoms with Crippen LogP contribution in [0.1, 0.15) is 57.6 Å². The Hall–Kier alpha value is -3.76. The lowest BCUT2D eigenvalue weighted by Crippen LogP contribution is -2.48. The van der Waals surface area contributed by atoms with Gasteiger partial charge in [-0.15, -0.1) is 6.58 Å². The number of piperidine rings is 1. The Bertz CT molecular complexity index is 1190. The molecule has 2 aromatic rings. The molecule has 0 aromatic heterocycles. The highest BCUT2D eigenvalue weighted by atomic mass is 16.6. The first-order valence-electron chi connectivity index (χ1n) is 14.5. The molecule has 3 rings (SSSR count). The lowest BCUT2D eigenvalue weighted by molar-refractivity contribution is -0.384. The maximum Gasteiger partial charge on any atom is 0.410 e. The number of nitro groups is 1. The molecule has 42 heavy (non-hydrogen) atoms. The number of hydrogen-bond donors (Lipinski definition) is 2. The lowest BCUT2D eigenvalue weighted by atomic mass is 9.86. The normalized spacial score (nSPS) is 15.8. The Balaban J connectivity index is 1.53. The van der Waals surface area contributed by atoms with Crippen LogP contribution < -0.4 is 5.32 Å². The van der Waals surface area contributed by atoms with Gasteiger partial charge < -0.3 is 25.0 Å². The average Bonchev–Trinajstić information content (AvgIpc) is 2.98. The van der Waals surface area contributed by atoms with Crippen molar-refractivity contribution in [1.82, 2.24) is 15.1 Å². The summed E-state index contributed by atoms with van der Waals surface area (Å²) in [4.78, 5) is 39.7.